The quantitative estimate of drug-likeness (QED) is 0.391. The third-order valence-corrected chi connectivity index (χ3v) is 3.58. The van der Waals surface area contributed by atoms with Gasteiger partial charge in [0.25, 0.3) is 5.91 Å². The highest BCUT2D eigenvalue weighted by atomic mass is 32.2. The molecular formula is C11H18N4OS. The molecule has 0 saturated carbocycles. The molecule has 0 bridgehead atoms. The van der Waals surface area contributed by atoms with Crippen LogP contribution in [0.15, 0.2) is 18.3 Å². The zero-order valence-electron chi connectivity index (χ0n) is 9.85. The zero-order valence-corrected chi connectivity index (χ0v) is 10.7. The highest BCUT2D eigenvalue weighted by Crippen LogP contribution is 2.13. The van der Waals surface area contributed by atoms with Crippen molar-refractivity contribution in [3.8, 4) is 0 Å². The van der Waals surface area contributed by atoms with Crippen molar-refractivity contribution >= 4 is 17.7 Å². The van der Waals surface area contributed by atoms with Crippen molar-refractivity contribution in [1.29, 1.82) is 0 Å². The lowest BCUT2D eigenvalue weighted by molar-refractivity contribution is 0.0953. The second-order valence-corrected chi connectivity index (χ2v) is 4.90. The van der Waals surface area contributed by atoms with Crippen LogP contribution in [0, 0.1) is 5.92 Å². The van der Waals surface area contributed by atoms with Crippen molar-refractivity contribution in [2.24, 2.45) is 17.5 Å². The van der Waals surface area contributed by atoms with Gasteiger partial charge in [-0.05, 0) is 30.3 Å². The van der Waals surface area contributed by atoms with Gasteiger partial charge in [-0.3, -0.25) is 15.2 Å². The fourth-order valence-corrected chi connectivity index (χ4v) is 2.20. The first-order valence-corrected chi connectivity index (χ1v) is 6.56. The number of carbonyl (C=O) groups excluding carboxylic acids is 1. The Morgan fingerprint density at radius 2 is 2.35 bits per heavy atom. The molecule has 6 heteroatoms. The molecule has 0 radical (unpaired) electrons. The average Bonchev–Trinajstić information content (AvgIpc) is 2.38. The molecule has 1 heterocycles. The lowest BCUT2D eigenvalue weighted by Gasteiger charge is -2.07. The number of nitrogens with two attached hydrogens (primary N) is 2. The number of hydrogen-bond donors (Lipinski definition) is 3. The van der Waals surface area contributed by atoms with E-state index in [0.29, 0.717) is 18.0 Å². The highest BCUT2D eigenvalue weighted by Gasteiger charge is 2.04. The number of hydrogen-bond acceptors (Lipinski definition) is 5. The molecule has 1 atom stereocenters. The summed E-state index contributed by atoms with van der Waals surface area (Å²) >= 11 is 1.79. The minimum atomic E-state index is -0.326. The molecule has 5 N–H and O–H groups in total. The number of nitrogens with one attached hydrogen (secondary N) is 1. The number of hydrazine groups is 1. The van der Waals surface area contributed by atoms with E-state index >= 15 is 0 Å². The van der Waals surface area contributed by atoms with E-state index in [1.54, 1.807) is 17.8 Å². The van der Waals surface area contributed by atoms with Gasteiger partial charge in [0.05, 0.1) is 11.3 Å². The Kier molecular flexibility index (Phi) is 5.96. The van der Waals surface area contributed by atoms with E-state index in [4.69, 9.17) is 11.6 Å². The van der Waals surface area contributed by atoms with Gasteiger partial charge in [-0.25, -0.2) is 5.84 Å². The van der Waals surface area contributed by atoms with Crippen LogP contribution >= 0.6 is 11.8 Å². The summed E-state index contributed by atoms with van der Waals surface area (Å²) in [5, 5.41) is 0. The zero-order chi connectivity index (χ0) is 12.7. The van der Waals surface area contributed by atoms with Crippen LogP contribution in [-0.2, 0) is 5.75 Å². The van der Waals surface area contributed by atoms with Crippen molar-refractivity contribution < 1.29 is 4.79 Å². The van der Waals surface area contributed by atoms with Crippen LogP contribution in [0.1, 0.15) is 23.0 Å². The van der Waals surface area contributed by atoms with Gasteiger partial charge in [-0.2, -0.15) is 11.8 Å². The van der Waals surface area contributed by atoms with E-state index in [9.17, 15) is 4.79 Å². The van der Waals surface area contributed by atoms with Gasteiger partial charge in [0.2, 0.25) is 0 Å². The predicted octanol–water partition coefficient (Wildman–Crippen LogP) is 0.513. The summed E-state index contributed by atoms with van der Waals surface area (Å²) in [6.45, 7) is 2.82. The first kappa shape index (κ1) is 14.0. The van der Waals surface area contributed by atoms with Crippen molar-refractivity contribution in [3.63, 3.8) is 0 Å². The molecule has 1 aromatic heterocycles. The molecule has 5 nitrogen and oxygen atoms in total. The largest absolute Gasteiger partial charge is 0.330 e. The number of pyridine rings is 1. The van der Waals surface area contributed by atoms with Gasteiger partial charge >= 0.3 is 0 Å². The number of thioether (sulfide) groups is 1. The maximum atomic E-state index is 11.2. The Morgan fingerprint density at radius 1 is 1.59 bits per heavy atom. The van der Waals surface area contributed by atoms with Gasteiger partial charge in [-0.15, -0.1) is 0 Å². The molecule has 0 saturated heterocycles. The van der Waals surface area contributed by atoms with Gasteiger partial charge in [-0.1, -0.05) is 6.92 Å². The van der Waals surface area contributed by atoms with Crippen LogP contribution in [0.4, 0.5) is 0 Å². The third kappa shape index (κ3) is 4.72. The van der Waals surface area contributed by atoms with Crippen LogP contribution in [0.3, 0.4) is 0 Å². The Labute approximate surface area is 105 Å². The Hall–Kier alpha value is -1.11. The van der Waals surface area contributed by atoms with E-state index < -0.39 is 0 Å². The summed E-state index contributed by atoms with van der Waals surface area (Å²) in [5.74, 6) is 7.06. The van der Waals surface area contributed by atoms with E-state index in [1.807, 2.05) is 6.07 Å². The van der Waals surface area contributed by atoms with Crippen LogP contribution in [0.5, 0.6) is 0 Å². The number of nitrogens with zero attached hydrogens (tertiary/aromatic N) is 1. The summed E-state index contributed by atoms with van der Waals surface area (Å²) in [7, 11) is 0. The molecule has 1 unspecified atom stereocenters. The molecule has 0 aliphatic carbocycles. The van der Waals surface area contributed by atoms with E-state index in [-0.39, 0.29) is 5.91 Å². The molecule has 0 fully saturated rings. The monoisotopic (exact) mass is 254 g/mol. The number of carbonyl (C=O) groups is 1. The second-order valence-electron chi connectivity index (χ2n) is 3.87. The number of rotatable bonds is 6. The normalized spacial score (nSPS) is 12.2. The van der Waals surface area contributed by atoms with Crippen molar-refractivity contribution in [2.75, 3.05) is 12.3 Å². The highest BCUT2D eigenvalue weighted by molar-refractivity contribution is 7.98. The molecule has 1 rings (SSSR count). The Bertz CT molecular complexity index is 355. The van der Waals surface area contributed by atoms with E-state index in [2.05, 4.69) is 17.3 Å². The smallest absolute Gasteiger partial charge is 0.266 e. The molecule has 17 heavy (non-hydrogen) atoms. The molecule has 0 aliphatic heterocycles. The molecule has 94 valence electrons. The summed E-state index contributed by atoms with van der Waals surface area (Å²) in [6, 6.07) is 3.56. The molecular weight excluding hydrogens is 236 g/mol. The third-order valence-electron chi connectivity index (χ3n) is 2.27. The fourth-order valence-electron chi connectivity index (χ4n) is 1.16. The van der Waals surface area contributed by atoms with Crippen LogP contribution in [0.2, 0.25) is 0 Å². The average molecular weight is 254 g/mol. The first-order valence-electron chi connectivity index (χ1n) is 5.41. The molecule has 0 aliphatic rings. The fraction of sp³-hybridized carbons (Fsp3) is 0.455. The minimum absolute atomic E-state index is 0.326. The van der Waals surface area contributed by atoms with Gasteiger partial charge in [0.1, 0.15) is 0 Å². The summed E-state index contributed by atoms with van der Waals surface area (Å²) in [5.41, 5.74) is 9.02. The van der Waals surface area contributed by atoms with Gasteiger partial charge in [0, 0.05) is 11.9 Å². The maximum Gasteiger partial charge on any atom is 0.266 e. The van der Waals surface area contributed by atoms with E-state index in [1.165, 1.54) is 6.20 Å². The van der Waals surface area contributed by atoms with Gasteiger partial charge in [0.15, 0.2) is 0 Å². The number of amides is 1. The van der Waals surface area contributed by atoms with Crippen LogP contribution in [-0.4, -0.2) is 23.2 Å². The maximum absolute atomic E-state index is 11.2. The van der Waals surface area contributed by atoms with Crippen molar-refractivity contribution in [1.82, 2.24) is 10.4 Å². The van der Waals surface area contributed by atoms with Crippen molar-refractivity contribution in [2.45, 2.75) is 12.7 Å². The molecule has 1 aromatic rings. The van der Waals surface area contributed by atoms with Crippen molar-refractivity contribution in [3.05, 3.63) is 29.6 Å². The lowest BCUT2D eigenvalue weighted by atomic mass is 10.2. The predicted molar refractivity (Wildman–Crippen MR) is 70.3 cm³/mol. The van der Waals surface area contributed by atoms with Crippen LogP contribution < -0.4 is 17.0 Å². The first-order chi connectivity index (χ1) is 8.17. The number of aromatic nitrogens is 1. The summed E-state index contributed by atoms with van der Waals surface area (Å²) < 4.78 is 0. The van der Waals surface area contributed by atoms with E-state index in [0.717, 1.165) is 17.2 Å². The van der Waals surface area contributed by atoms with Gasteiger partial charge < -0.3 is 5.73 Å². The number of nitrogen functional groups attached to an aromatic ring is 1. The Morgan fingerprint density at radius 3 is 2.88 bits per heavy atom. The molecule has 1 amide bonds. The Balaban J connectivity index is 2.43. The topological polar surface area (TPSA) is 94.0 Å². The second kappa shape index (κ2) is 7.26. The molecule has 0 aromatic carbocycles. The molecule has 0 spiro atoms. The summed E-state index contributed by atoms with van der Waals surface area (Å²) in [4.78, 5) is 15.4. The van der Waals surface area contributed by atoms with Crippen LogP contribution in [0.25, 0.3) is 0 Å². The lowest BCUT2D eigenvalue weighted by Crippen LogP contribution is -2.30. The standard InChI is InChI=1S/C11H18N4OS/c1-8(4-12)6-17-7-10-3-2-9(5-14-10)11(16)15-13/h2-3,5,8H,4,6-7,12-13H2,1H3,(H,15,16). The minimum Gasteiger partial charge on any atom is -0.330 e. The summed E-state index contributed by atoms with van der Waals surface area (Å²) in [6.07, 6.45) is 1.53. The SMILES string of the molecule is CC(CN)CSCc1ccc(C(=O)NN)cn1.